The van der Waals surface area contributed by atoms with Crippen LogP contribution in [0.3, 0.4) is 0 Å². The summed E-state index contributed by atoms with van der Waals surface area (Å²) in [6, 6.07) is 0.275. The number of hydrogen-bond donors (Lipinski definition) is 1. The van der Waals surface area contributed by atoms with E-state index in [9.17, 15) is 0 Å². The molecule has 1 fully saturated rings. The normalized spacial score (nSPS) is 21.9. The highest BCUT2D eigenvalue weighted by Crippen LogP contribution is 2.32. The fraction of sp³-hybridized carbons (Fsp3) is 0.909. The molecule has 1 aromatic rings. The number of hydrogen-bond acceptors (Lipinski definition) is 4. The van der Waals surface area contributed by atoms with Gasteiger partial charge in [0, 0.05) is 0 Å². The molecule has 0 amide bonds. The average Bonchev–Trinajstić information content (AvgIpc) is 2.78. The van der Waals surface area contributed by atoms with Crippen molar-refractivity contribution in [2.75, 3.05) is 0 Å². The molecule has 5 nitrogen and oxygen atoms in total. The minimum Gasteiger partial charge on any atom is -0.322 e. The Morgan fingerprint density at radius 1 is 1.25 bits per heavy atom. The van der Waals surface area contributed by atoms with Crippen molar-refractivity contribution in [3.8, 4) is 0 Å². The number of nitrogens with two attached hydrogens (primary N) is 1. The Bertz CT molecular complexity index is 327. The molecule has 2 unspecified atom stereocenters. The van der Waals surface area contributed by atoms with E-state index in [2.05, 4.69) is 22.4 Å². The Kier molecular flexibility index (Phi) is 3.53. The van der Waals surface area contributed by atoms with Gasteiger partial charge >= 0.3 is 0 Å². The first kappa shape index (κ1) is 11.5. The Morgan fingerprint density at radius 3 is 2.56 bits per heavy atom. The van der Waals surface area contributed by atoms with Gasteiger partial charge in [0.2, 0.25) is 0 Å². The van der Waals surface area contributed by atoms with Gasteiger partial charge in [0.1, 0.15) is 0 Å². The van der Waals surface area contributed by atoms with Gasteiger partial charge in [0.05, 0.1) is 12.1 Å². The van der Waals surface area contributed by atoms with E-state index in [1.54, 1.807) is 0 Å². The fourth-order valence-corrected chi connectivity index (χ4v) is 2.61. The van der Waals surface area contributed by atoms with Crippen LogP contribution in [0.15, 0.2) is 0 Å². The van der Waals surface area contributed by atoms with E-state index in [1.807, 2.05) is 11.6 Å². The summed E-state index contributed by atoms with van der Waals surface area (Å²) in [6.45, 7) is 4.13. The molecule has 16 heavy (non-hydrogen) atoms. The maximum absolute atomic E-state index is 5.86. The number of tetrazole rings is 1. The van der Waals surface area contributed by atoms with Crippen molar-refractivity contribution < 1.29 is 0 Å². The van der Waals surface area contributed by atoms with E-state index < -0.39 is 0 Å². The highest BCUT2D eigenvalue weighted by atomic mass is 15.6. The van der Waals surface area contributed by atoms with Crippen molar-refractivity contribution in [1.82, 2.24) is 20.2 Å². The van der Waals surface area contributed by atoms with Gasteiger partial charge in [-0.3, -0.25) is 0 Å². The third kappa shape index (κ3) is 2.24. The molecule has 2 rings (SSSR count). The zero-order chi connectivity index (χ0) is 11.5. The first-order chi connectivity index (χ1) is 7.70. The summed E-state index contributed by atoms with van der Waals surface area (Å²) < 4.78 is 1.92. The summed E-state index contributed by atoms with van der Waals surface area (Å²) in [7, 11) is 0. The lowest BCUT2D eigenvalue weighted by Crippen LogP contribution is -2.24. The molecule has 1 aliphatic rings. The quantitative estimate of drug-likeness (QED) is 0.848. The minimum absolute atomic E-state index is 0.0963. The highest BCUT2D eigenvalue weighted by molar-refractivity contribution is 4.91. The molecule has 1 aliphatic carbocycles. The van der Waals surface area contributed by atoms with Crippen LogP contribution in [0.25, 0.3) is 0 Å². The summed E-state index contributed by atoms with van der Waals surface area (Å²) in [5, 5.41) is 11.8. The molecule has 0 saturated heterocycles. The van der Waals surface area contributed by atoms with Gasteiger partial charge in [0.15, 0.2) is 5.82 Å². The molecule has 1 aromatic heterocycles. The van der Waals surface area contributed by atoms with Crippen LogP contribution in [0, 0.1) is 5.92 Å². The second-order valence-corrected chi connectivity index (χ2v) is 4.91. The maximum Gasteiger partial charge on any atom is 0.167 e. The molecule has 90 valence electrons. The average molecular weight is 223 g/mol. The Hall–Kier alpha value is -0.970. The second-order valence-electron chi connectivity index (χ2n) is 4.91. The van der Waals surface area contributed by atoms with E-state index in [0.29, 0.717) is 12.0 Å². The summed E-state index contributed by atoms with van der Waals surface area (Å²) in [5.41, 5.74) is 5.86. The van der Waals surface area contributed by atoms with Crippen molar-refractivity contribution in [1.29, 1.82) is 0 Å². The van der Waals surface area contributed by atoms with Crippen LogP contribution in [0.2, 0.25) is 0 Å². The van der Waals surface area contributed by atoms with Gasteiger partial charge in [-0.05, 0) is 43.0 Å². The lowest BCUT2D eigenvalue weighted by Gasteiger charge is -2.28. The monoisotopic (exact) mass is 223 g/mol. The van der Waals surface area contributed by atoms with Gasteiger partial charge in [-0.15, -0.1) is 5.10 Å². The maximum atomic E-state index is 5.86. The first-order valence-electron chi connectivity index (χ1n) is 6.23. The van der Waals surface area contributed by atoms with Crippen molar-refractivity contribution >= 4 is 0 Å². The Labute approximate surface area is 96.4 Å². The number of nitrogens with zero attached hydrogens (tertiary/aromatic N) is 4. The zero-order valence-corrected chi connectivity index (χ0v) is 10.1. The smallest absolute Gasteiger partial charge is 0.167 e. The third-order valence-electron chi connectivity index (χ3n) is 3.64. The van der Waals surface area contributed by atoms with Crippen LogP contribution in [0.5, 0.6) is 0 Å². The summed E-state index contributed by atoms with van der Waals surface area (Å²) in [6.07, 6.45) is 6.63. The van der Waals surface area contributed by atoms with Gasteiger partial charge in [-0.2, -0.15) is 0 Å². The first-order valence-corrected chi connectivity index (χ1v) is 6.23. The van der Waals surface area contributed by atoms with Crippen molar-refractivity contribution in [3.05, 3.63) is 5.82 Å². The van der Waals surface area contributed by atoms with Crippen molar-refractivity contribution in [2.24, 2.45) is 11.7 Å². The number of aromatic nitrogens is 4. The summed E-state index contributed by atoms with van der Waals surface area (Å²) in [5.74, 6) is 1.51. The topological polar surface area (TPSA) is 69.6 Å². The lowest BCUT2D eigenvalue weighted by molar-refractivity contribution is 0.241. The summed E-state index contributed by atoms with van der Waals surface area (Å²) >= 11 is 0. The van der Waals surface area contributed by atoms with Crippen LogP contribution in [0.4, 0.5) is 0 Å². The van der Waals surface area contributed by atoms with Gasteiger partial charge in [0.25, 0.3) is 0 Å². The van der Waals surface area contributed by atoms with Gasteiger partial charge in [-0.25, -0.2) is 4.68 Å². The fourth-order valence-electron chi connectivity index (χ4n) is 2.61. The van der Waals surface area contributed by atoms with E-state index in [-0.39, 0.29) is 6.04 Å². The van der Waals surface area contributed by atoms with Gasteiger partial charge < -0.3 is 5.73 Å². The summed E-state index contributed by atoms with van der Waals surface area (Å²) in [4.78, 5) is 0. The Morgan fingerprint density at radius 2 is 1.94 bits per heavy atom. The second kappa shape index (κ2) is 4.91. The SMILES string of the molecule is CC(N)c1nnnn1C(C)C1CCCCC1. The largest absolute Gasteiger partial charge is 0.322 e. The van der Waals surface area contributed by atoms with Gasteiger partial charge in [-0.1, -0.05) is 19.3 Å². The van der Waals surface area contributed by atoms with E-state index >= 15 is 0 Å². The molecule has 2 atom stereocenters. The molecule has 1 saturated carbocycles. The Balaban J connectivity index is 2.12. The molecule has 0 aromatic carbocycles. The third-order valence-corrected chi connectivity index (χ3v) is 3.64. The number of rotatable bonds is 3. The molecular weight excluding hydrogens is 202 g/mol. The molecule has 0 aliphatic heterocycles. The zero-order valence-electron chi connectivity index (χ0n) is 10.1. The molecule has 0 spiro atoms. The molecular formula is C11H21N5. The van der Waals surface area contributed by atoms with Crippen LogP contribution in [-0.4, -0.2) is 20.2 Å². The van der Waals surface area contributed by atoms with E-state index in [1.165, 1.54) is 32.1 Å². The standard InChI is InChI=1S/C11H21N5/c1-8(12)11-13-14-15-16(11)9(2)10-6-4-3-5-7-10/h8-10H,3-7,12H2,1-2H3. The van der Waals surface area contributed by atoms with Crippen LogP contribution < -0.4 is 5.73 Å². The molecule has 0 bridgehead atoms. The van der Waals surface area contributed by atoms with Crippen LogP contribution in [-0.2, 0) is 0 Å². The van der Waals surface area contributed by atoms with E-state index in [4.69, 9.17) is 5.73 Å². The molecule has 1 heterocycles. The lowest BCUT2D eigenvalue weighted by atomic mass is 9.84. The highest BCUT2D eigenvalue weighted by Gasteiger charge is 2.25. The van der Waals surface area contributed by atoms with Crippen molar-refractivity contribution in [3.63, 3.8) is 0 Å². The molecule has 5 heteroatoms. The predicted octanol–water partition coefficient (Wildman–Crippen LogP) is 1.83. The van der Waals surface area contributed by atoms with Crippen LogP contribution >= 0.6 is 0 Å². The van der Waals surface area contributed by atoms with Crippen molar-refractivity contribution in [2.45, 2.75) is 58.0 Å². The van der Waals surface area contributed by atoms with E-state index in [0.717, 1.165) is 5.82 Å². The molecule has 2 N–H and O–H groups in total. The molecule has 0 radical (unpaired) electrons. The minimum atomic E-state index is -0.0963. The predicted molar refractivity (Wildman–Crippen MR) is 61.7 cm³/mol. The van der Waals surface area contributed by atoms with Crippen LogP contribution in [0.1, 0.15) is 63.9 Å².